The van der Waals surface area contributed by atoms with E-state index in [4.69, 9.17) is 21.4 Å². The van der Waals surface area contributed by atoms with E-state index in [-0.39, 0.29) is 6.10 Å². The summed E-state index contributed by atoms with van der Waals surface area (Å²) in [4.78, 5) is 12.9. The number of carbonyl (C=O) groups is 1. The molecule has 1 saturated heterocycles. The molecule has 0 amide bonds. The second-order valence-electron chi connectivity index (χ2n) is 4.80. The van der Waals surface area contributed by atoms with Crippen molar-refractivity contribution in [3.8, 4) is 0 Å². The summed E-state index contributed by atoms with van der Waals surface area (Å²) in [6.45, 7) is 1.67. The molecule has 0 saturated carbocycles. The van der Waals surface area contributed by atoms with Crippen molar-refractivity contribution in [2.24, 2.45) is 0 Å². The van der Waals surface area contributed by atoms with E-state index in [9.17, 15) is 4.79 Å². The van der Waals surface area contributed by atoms with Crippen molar-refractivity contribution in [2.45, 2.75) is 18.9 Å². The highest BCUT2D eigenvalue weighted by molar-refractivity contribution is 6.33. The number of para-hydroxylation sites is 1. The number of hydrogen-bond acceptors (Lipinski definition) is 3. The van der Waals surface area contributed by atoms with Gasteiger partial charge in [-0.05, 0) is 30.5 Å². The van der Waals surface area contributed by atoms with Gasteiger partial charge >= 0.3 is 5.97 Å². The van der Waals surface area contributed by atoms with E-state index in [0.717, 1.165) is 43.3 Å². The van der Waals surface area contributed by atoms with E-state index in [0.29, 0.717) is 5.02 Å². The van der Waals surface area contributed by atoms with Crippen molar-refractivity contribution in [1.29, 1.82) is 0 Å². The van der Waals surface area contributed by atoms with E-state index < -0.39 is 5.97 Å². The largest absolute Gasteiger partial charge is 0.478 e. The summed E-state index contributed by atoms with van der Waals surface area (Å²) < 4.78 is 5.42. The van der Waals surface area contributed by atoms with Gasteiger partial charge in [0.15, 0.2) is 0 Å². The van der Waals surface area contributed by atoms with Crippen LogP contribution in [-0.4, -0.2) is 37.4 Å². The molecule has 0 aliphatic carbocycles. The summed E-state index contributed by atoms with van der Waals surface area (Å²) in [7, 11) is 1.71. The molecule has 1 heterocycles. The van der Waals surface area contributed by atoms with Crippen LogP contribution in [0.25, 0.3) is 6.08 Å². The van der Waals surface area contributed by atoms with Crippen LogP contribution >= 0.6 is 11.6 Å². The second-order valence-corrected chi connectivity index (χ2v) is 5.20. The average Bonchev–Trinajstić information content (AvgIpc) is 2.45. The first kappa shape index (κ1) is 14.9. The van der Waals surface area contributed by atoms with E-state index in [1.165, 1.54) is 0 Å². The molecule has 1 unspecified atom stereocenters. The predicted octanol–water partition coefficient (Wildman–Crippen LogP) is 3.05. The Hall–Kier alpha value is -1.52. The molecule has 0 radical (unpaired) electrons. The number of nitrogens with zero attached hydrogens (tertiary/aromatic N) is 1. The molecule has 1 aromatic rings. The zero-order chi connectivity index (χ0) is 14.5. The van der Waals surface area contributed by atoms with Crippen LogP contribution in [0.15, 0.2) is 24.3 Å². The molecule has 1 N–H and O–H groups in total. The van der Waals surface area contributed by atoms with Crippen LogP contribution in [0.3, 0.4) is 0 Å². The van der Waals surface area contributed by atoms with Crippen LogP contribution < -0.4 is 4.90 Å². The summed E-state index contributed by atoms with van der Waals surface area (Å²) in [5, 5.41) is 9.41. The number of piperidine rings is 1. The van der Waals surface area contributed by atoms with Gasteiger partial charge in [-0.1, -0.05) is 23.7 Å². The van der Waals surface area contributed by atoms with Gasteiger partial charge in [0.1, 0.15) is 0 Å². The highest BCUT2D eigenvalue weighted by Gasteiger charge is 2.22. The summed E-state index contributed by atoms with van der Waals surface area (Å²) in [5.41, 5.74) is 1.70. The van der Waals surface area contributed by atoms with Gasteiger partial charge in [0.25, 0.3) is 0 Å². The maximum absolute atomic E-state index is 10.7. The van der Waals surface area contributed by atoms with Gasteiger partial charge in [-0.3, -0.25) is 0 Å². The Bertz CT molecular complexity index is 516. The average molecular weight is 296 g/mol. The Morgan fingerprint density at radius 3 is 3.05 bits per heavy atom. The van der Waals surface area contributed by atoms with Crippen molar-refractivity contribution < 1.29 is 14.6 Å². The predicted molar refractivity (Wildman–Crippen MR) is 80.4 cm³/mol. The van der Waals surface area contributed by atoms with Crippen LogP contribution in [0.5, 0.6) is 0 Å². The van der Waals surface area contributed by atoms with Gasteiger partial charge in [0, 0.05) is 26.3 Å². The Morgan fingerprint density at radius 2 is 2.35 bits per heavy atom. The lowest BCUT2D eigenvalue weighted by atomic mass is 10.0. The standard InChI is InChI=1S/C15H18ClNO3/c1-20-12-5-3-9-17(10-12)15-11(7-8-14(18)19)4-2-6-13(15)16/h2,4,6-8,12H,3,5,9-10H2,1H3,(H,18,19)/b8-7+. The minimum atomic E-state index is -0.968. The Kier molecular flexibility index (Phi) is 5.04. The number of carboxylic acid groups (broad SMARTS) is 1. The van der Waals surface area contributed by atoms with Gasteiger partial charge in [-0.2, -0.15) is 0 Å². The molecule has 20 heavy (non-hydrogen) atoms. The number of halogens is 1. The number of rotatable bonds is 4. The van der Waals surface area contributed by atoms with Crippen LogP contribution in [0.2, 0.25) is 5.02 Å². The fourth-order valence-corrected chi connectivity index (χ4v) is 2.80. The molecule has 2 rings (SSSR count). The highest BCUT2D eigenvalue weighted by atomic mass is 35.5. The van der Waals surface area contributed by atoms with E-state index in [1.54, 1.807) is 13.2 Å². The van der Waals surface area contributed by atoms with E-state index in [2.05, 4.69) is 4.90 Å². The summed E-state index contributed by atoms with van der Waals surface area (Å²) in [6.07, 6.45) is 4.98. The molecule has 1 aliphatic heterocycles. The lowest BCUT2D eigenvalue weighted by Crippen LogP contribution is -2.39. The first-order valence-electron chi connectivity index (χ1n) is 6.59. The summed E-state index contributed by atoms with van der Waals surface area (Å²) in [5.74, 6) is -0.968. The normalized spacial score (nSPS) is 19.5. The monoisotopic (exact) mass is 295 g/mol. The number of carboxylic acids is 1. The van der Waals surface area contributed by atoms with Crippen LogP contribution in [0.1, 0.15) is 18.4 Å². The molecule has 0 bridgehead atoms. The molecule has 1 atom stereocenters. The van der Waals surface area contributed by atoms with Crippen LogP contribution in [0, 0.1) is 0 Å². The van der Waals surface area contributed by atoms with E-state index in [1.807, 2.05) is 18.2 Å². The Morgan fingerprint density at radius 1 is 1.55 bits per heavy atom. The van der Waals surface area contributed by atoms with E-state index >= 15 is 0 Å². The maximum Gasteiger partial charge on any atom is 0.328 e. The van der Waals surface area contributed by atoms with Crippen molar-refractivity contribution >= 4 is 29.3 Å². The number of aliphatic carboxylic acids is 1. The van der Waals surface area contributed by atoms with Crippen LogP contribution in [0.4, 0.5) is 5.69 Å². The molecule has 108 valence electrons. The minimum absolute atomic E-state index is 0.191. The molecule has 0 aromatic heterocycles. The fraction of sp³-hybridized carbons (Fsp3) is 0.400. The molecular weight excluding hydrogens is 278 g/mol. The Balaban J connectivity index is 2.31. The molecule has 4 nitrogen and oxygen atoms in total. The number of methoxy groups -OCH3 is 1. The zero-order valence-electron chi connectivity index (χ0n) is 11.4. The quantitative estimate of drug-likeness (QED) is 0.868. The summed E-state index contributed by atoms with van der Waals surface area (Å²) in [6, 6.07) is 5.52. The fourth-order valence-electron chi connectivity index (χ4n) is 2.49. The Labute approximate surface area is 123 Å². The van der Waals surface area contributed by atoms with Gasteiger partial charge < -0.3 is 14.7 Å². The molecule has 1 aliphatic rings. The van der Waals surface area contributed by atoms with Crippen molar-refractivity contribution in [2.75, 3.05) is 25.1 Å². The summed E-state index contributed by atoms with van der Waals surface area (Å²) >= 11 is 6.31. The van der Waals surface area contributed by atoms with Crippen molar-refractivity contribution in [1.82, 2.24) is 0 Å². The SMILES string of the molecule is COC1CCCN(c2c(Cl)cccc2/C=C/C(=O)O)C1. The molecule has 1 fully saturated rings. The number of benzene rings is 1. The third-order valence-electron chi connectivity index (χ3n) is 3.45. The maximum atomic E-state index is 10.7. The first-order chi connectivity index (χ1) is 9.61. The first-order valence-corrected chi connectivity index (χ1v) is 6.97. The smallest absolute Gasteiger partial charge is 0.328 e. The highest BCUT2D eigenvalue weighted by Crippen LogP contribution is 2.33. The van der Waals surface area contributed by atoms with Gasteiger partial charge in [-0.25, -0.2) is 4.79 Å². The molecule has 1 aromatic carbocycles. The number of hydrogen-bond donors (Lipinski definition) is 1. The minimum Gasteiger partial charge on any atom is -0.478 e. The van der Waals surface area contributed by atoms with Gasteiger partial charge in [-0.15, -0.1) is 0 Å². The zero-order valence-corrected chi connectivity index (χ0v) is 12.1. The van der Waals surface area contributed by atoms with Crippen molar-refractivity contribution in [3.05, 3.63) is 34.9 Å². The molecule has 5 heteroatoms. The van der Waals surface area contributed by atoms with Gasteiger partial charge in [0.05, 0.1) is 16.8 Å². The lowest BCUT2D eigenvalue weighted by Gasteiger charge is -2.35. The third-order valence-corrected chi connectivity index (χ3v) is 3.76. The van der Waals surface area contributed by atoms with Crippen molar-refractivity contribution in [3.63, 3.8) is 0 Å². The van der Waals surface area contributed by atoms with Crippen LogP contribution in [-0.2, 0) is 9.53 Å². The number of anilines is 1. The topological polar surface area (TPSA) is 49.8 Å². The second kappa shape index (κ2) is 6.77. The molecular formula is C15H18ClNO3. The lowest BCUT2D eigenvalue weighted by molar-refractivity contribution is -0.131. The third kappa shape index (κ3) is 3.52. The van der Waals surface area contributed by atoms with Gasteiger partial charge in [0.2, 0.25) is 0 Å². The molecule has 0 spiro atoms. The number of ether oxygens (including phenoxy) is 1.